The van der Waals surface area contributed by atoms with E-state index in [-0.39, 0.29) is 6.61 Å². The van der Waals surface area contributed by atoms with Crippen molar-refractivity contribution in [1.29, 1.82) is 0 Å². The summed E-state index contributed by atoms with van der Waals surface area (Å²) in [6.07, 6.45) is 1.60. The molecule has 0 bridgehead atoms. The van der Waals surface area contributed by atoms with Gasteiger partial charge in [0.25, 0.3) is 0 Å². The van der Waals surface area contributed by atoms with Crippen LogP contribution in [0.1, 0.15) is 22.3 Å². The summed E-state index contributed by atoms with van der Waals surface area (Å²) in [5.74, 6) is -0.129. The predicted molar refractivity (Wildman–Crippen MR) is 114 cm³/mol. The Morgan fingerprint density at radius 2 is 1.47 bits per heavy atom. The minimum Gasteiger partial charge on any atom is -0.482 e. The minimum absolute atomic E-state index is 0.243. The Bertz CT molecular complexity index is 953. The van der Waals surface area contributed by atoms with Gasteiger partial charge >= 0.3 is 11.9 Å². The van der Waals surface area contributed by atoms with E-state index >= 15 is 0 Å². The van der Waals surface area contributed by atoms with E-state index in [2.05, 4.69) is 0 Å². The lowest BCUT2D eigenvalue weighted by molar-refractivity contribution is -0.136. The van der Waals surface area contributed by atoms with Gasteiger partial charge in [-0.3, -0.25) is 0 Å². The summed E-state index contributed by atoms with van der Waals surface area (Å²) in [5, 5.41) is 0.583. The molecule has 3 aromatic rings. The predicted octanol–water partition coefficient (Wildman–Crippen LogP) is 5.11. The Morgan fingerprint density at radius 3 is 2.17 bits per heavy atom. The number of hydrogen-bond donors (Lipinski definition) is 0. The largest absolute Gasteiger partial charge is 0.482 e. The average Bonchev–Trinajstić information content (AvgIpc) is 2.77. The Balaban J connectivity index is 1.39. The molecule has 6 heteroatoms. The molecule has 0 aliphatic heterocycles. The van der Waals surface area contributed by atoms with E-state index in [0.717, 1.165) is 12.8 Å². The SMILES string of the molecule is O=C(COc1ccc(Cl)cc1)Oc1ccc(C(=O)OCCCc2ccccc2)cc1. The Morgan fingerprint density at radius 1 is 0.800 bits per heavy atom. The lowest BCUT2D eigenvalue weighted by Crippen LogP contribution is -2.17. The zero-order valence-corrected chi connectivity index (χ0v) is 17.0. The molecule has 0 atom stereocenters. The van der Waals surface area contributed by atoms with Gasteiger partial charge in [-0.05, 0) is 66.9 Å². The Labute approximate surface area is 180 Å². The fraction of sp³-hybridized carbons (Fsp3) is 0.167. The molecule has 0 saturated carbocycles. The maximum atomic E-state index is 12.1. The van der Waals surface area contributed by atoms with E-state index in [9.17, 15) is 9.59 Å². The van der Waals surface area contributed by atoms with Gasteiger partial charge in [-0.2, -0.15) is 0 Å². The standard InChI is InChI=1S/C24H21ClO5/c25-20-10-14-21(15-11-20)29-17-23(26)30-22-12-8-19(9-13-22)24(27)28-16-4-7-18-5-2-1-3-6-18/h1-3,5-6,8-15H,4,7,16-17H2. The third-order valence-electron chi connectivity index (χ3n) is 4.18. The first kappa shape index (κ1) is 21.4. The van der Waals surface area contributed by atoms with Gasteiger partial charge in [0, 0.05) is 5.02 Å². The van der Waals surface area contributed by atoms with Crippen LogP contribution in [-0.4, -0.2) is 25.2 Å². The van der Waals surface area contributed by atoms with E-state index in [1.807, 2.05) is 30.3 Å². The van der Waals surface area contributed by atoms with Crippen molar-refractivity contribution in [2.24, 2.45) is 0 Å². The number of halogens is 1. The van der Waals surface area contributed by atoms with Gasteiger partial charge < -0.3 is 14.2 Å². The number of esters is 2. The second-order valence-corrected chi connectivity index (χ2v) is 6.90. The average molecular weight is 425 g/mol. The van der Waals surface area contributed by atoms with Crippen LogP contribution in [0.15, 0.2) is 78.9 Å². The topological polar surface area (TPSA) is 61.8 Å². The van der Waals surface area contributed by atoms with Gasteiger partial charge in [0.15, 0.2) is 6.61 Å². The summed E-state index contributed by atoms with van der Waals surface area (Å²) in [5.41, 5.74) is 1.60. The molecule has 0 aliphatic carbocycles. The second-order valence-electron chi connectivity index (χ2n) is 6.47. The van der Waals surface area contributed by atoms with Crippen molar-refractivity contribution < 1.29 is 23.8 Å². The molecule has 0 aromatic heterocycles. The molecule has 0 radical (unpaired) electrons. The van der Waals surface area contributed by atoms with Crippen molar-refractivity contribution in [3.05, 3.63) is 95.0 Å². The van der Waals surface area contributed by atoms with Crippen LogP contribution < -0.4 is 9.47 Å². The molecule has 0 N–H and O–H groups in total. The van der Waals surface area contributed by atoms with Gasteiger partial charge in [-0.15, -0.1) is 0 Å². The molecular formula is C24H21ClO5. The lowest BCUT2D eigenvalue weighted by Gasteiger charge is -2.08. The summed E-state index contributed by atoms with van der Waals surface area (Å²) in [6, 6.07) is 22.9. The van der Waals surface area contributed by atoms with Crippen LogP contribution in [0.4, 0.5) is 0 Å². The van der Waals surface area contributed by atoms with E-state index < -0.39 is 11.9 Å². The number of ether oxygens (including phenoxy) is 3. The molecule has 3 rings (SSSR count). The van der Waals surface area contributed by atoms with Crippen molar-refractivity contribution in [3.63, 3.8) is 0 Å². The molecule has 30 heavy (non-hydrogen) atoms. The molecule has 0 amide bonds. The van der Waals surface area contributed by atoms with Crippen LogP contribution >= 0.6 is 11.6 Å². The van der Waals surface area contributed by atoms with Crippen LogP contribution in [0.25, 0.3) is 0 Å². The molecule has 0 unspecified atom stereocenters. The van der Waals surface area contributed by atoms with Crippen molar-refractivity contribution >= 4 is 23.5 Å². The summed E-state index contributed by atoms with van der Waals surface area (Å²) >= 11 is 5.80. The van der Waals surface area contributed by atoms with E-state index in [4.69, 9.17) is 25.8 Å². The zero-order valence-electron chi connectivity index (χ0n) is 16.3. The highest BCUT2D eigenvalue weighted by Gasteiger charge is 2.10. The molecule has 5 nitrogen and oxygen atoms in total. The fourth-order valence-corrected chi connectivity index (χ4v) is 2.79. The summed E-state index contributed by atoms with van der Waals surface area (Å²) in [4.78, 5) is 24.0. The normalized spacial score (nSPS) is 10.3. The van der Waals surface area contributed by atoms with E-state index in [1.165, 1.54) is 5.56 Å². The minimum atomic E-state index is -0.554. The van der Waals surface area contributed by atoms with E-state index in [0.29, 0.717) is 28.7 Å². The number of rotatable bonds is 9. The van der Waals surface area contributed by atoms with Gasteiger partial charge in [-0.1, -0.05) is 41.9 Å². The third-order valence-corrected chi connectivity index (χ3v) is 4.43. The summed E-state index contributed by atoms with van der Waals surface area (Å²) in [7, 11) is 0. The monoisotopic (exact) mass is 424 g/mol. The smallest absolute Gasteiger partial charge is 0.349 e. The first-order chi connectivity index (χ1) is 14.6. The van der Waals surface area contributed by atoms with Crippen molar-refractivity contribution in [2.75, 3.05) is 13.2 Å². The van der Waals surface area contributed by atoms with Crippen molar-refractivity contribution in [1.82, 2.24) is 0 Å². The molecule has 3 aromatic carbocycles. The molecule has 0 heterocycles. The van der Waals surface area contributed by atoms with Gasteiger partial charge in [-0.25, -0.2) is 9.59 Å². The molecule has 154 valence electrons. The second kappa shape index (κ2) is 11.0. The lowest BCUT2D eigenvalue weighted by atomic mass is 10.1. The molecule has 0 spiro atoms. The van der Waals surface area contributed by atoms with Crippen molar-refractivity contribution in [3.8, 4) is 11.5 Å². The quantitative estimate of drug-likeness (QED) is 0.271. The number of carbonyl (C=O) groups is 2. The van der Waals surface area contributed by atoms with Gasteiger partial charge in [0.1, 0.15) is 11.5 Å². The fourth-order valence-electron chi connectivity index (χ4n) is 2.66. The first-order valence-electron chi connectivity index (χ1n) is 9.50. The van der Waals surface area contributed by atoms with Gasteiger partial charge in [0.05, 0.1) is 12.2 Å². The van der Waals surface area contributed by atoms with Crippen LogP contribution in [0.2, 0.25) is 5.02 Å². The van der Waals surface area contributed by atoms with Crippen LogP contribution in [0.5, 0.6) is 11.5 Å². The molecule has 0 saturated heterocycles. The Hall–Kier alpha value is -3.31. The highest BCUT2D eigenvalue weighted by molar-refractivity contribution is 6.30. The highest BCUT2D eigenvalue weighted by Crippen LogP contribution is 2.16. The number of benzene rings is 3. The first-order valence-corrected chi connectivity index (χ1v) is 9.88. The third kappa shape index (κ3) is 6.94. The number of aryl methyl sites for hydroxylation is 1. The zero-order chi connectivity index (χ0) is 21.2. The van der Waals surface area contributed by atoms with Gasteiger partial charge in [0.2, 0.25) is 0 Å². The highest BCUT2D eigenvalue weighted by atomic mass is 35.5. The Kier molecular flexibility index (Phi) is 7.86. The maximum absolute atomic E-state index is 12.1. The molecule has 0 fully saturated rings. The maximum Gasteiger partial charge on any atom is 0.349 e. The van der Waals surface area contributed by atoms with Crippen LogP contribution in [-0.2, 0) is 16.0 Å². The summed E-state index contributed by atoms with van der Waals surface area (Å²) in [6.45, 7) is 0.0966. The number of hydrogen-bond acceptors (Lipinski definition) is 5. The summed E-state index contributed by atoms with van der Waals surface area (Å²) < 4.78 is 15.8. The molecular weight excluding hydrogens is 404 g/mol. The van der Waals surface area contributed by atoms with Crippen LogP contribution in [0, 0.1) is 0 Å². The van der Waals surface area contributed by atoms with Crippen LogP contribution in [0.3, 0.4) is 0 Å². The van der Waals surface area contributed by atoms with Crippen molar-refractivity contribution in [2.45, 2.75) is 12.8 Å². The molecule has 0 aliphatic rings. The van der Waals surface area contributed by atoms with E-state index in [1.54, 1.807) is 48.5 Å². The number of carbonyl (C=O) groups excluding carboxylic acids is 2.